The quantitative estimate of drug-likeness (QED) is 0.775. The Morgan fingerprint density at radius 1 is 1.24 bits per heavy atom. The van der Waals surface area contributed by atoms with E-state index in [1.54, 1.807) is 19.1 Å². The molecule has 0 amide bonds. The molecule has 0 heterocycles. The summed E-state index contributed by atoms with van der Waals surface area (Å²) in [6, 6.07) is 6.93. The van der Waals surface area contributed by atoms with E-state index in [1.807, 2.05) is 19.1 Å². The van der Waals surface area contributed by atoms with Crippen LogP contribution in [0.3, 0.4) is 0 Å². The minimum absolute atomic E-state index is 0.0247. The number of sulfonamides is 1. The molecule has 0 fully saturated rings. The van der Waals surface area contributed by atoms with Crippen molar-refractivity contribution >= 4 is 10.0 Å². The maximum absolute atomic E-state index is 12.2. The Kier molecular flexibility index (Phi) is 6.38. The van der Waals surface area contributed by atoms with Gasteiger partial charge in [0.2, 0.25) is 10.0 Å². The van der Waals surface area contributed by atoms with E-state index < -0.39 is 15.6 Å². The van der Waals surface area contributed by atoms with Crippen LogP contribution in [0.15, 0.2) is 29.2 Å². The molecule has 0 saturated carbocycles. The largest absolute Gasteiger partial charge is 0.389 e. The number of hydrogen-bond donors (Lipinski definition) is 2. The predicted octanol–water partition coefficient (Wildman–Crippen LogP) is 2.71. The van der Waals surface area contributed by atoms with Gasteiger partial charge < -0.3 is 5.11 Å². The van der Waals surface area contributed by atoms with Crippen LogP contribution < -0.4 is 4.72 Å². The van der Waals surface area contributed by atoms with Crippen LogP contribution in [-0.4, -0.2) is 25.7 Å². The number of hydrogen-bond acceptors (Lipinski definition) is 3. The normalized spacial score (nSPS) is 15.1. The lowest BCUT2D eigenvalue weighted by molar-refractivity contribution is 0.0554. The fourth-order valence-corrected chi connectivity index (χ4v) is 3.40. The van der Waals surface area contributed by atoms with Crippen LogP contribution in [0.4, 0.5) is 0 Å². The predicted molar refractivity (Wildman–Crippen MR) is 85.7 cm³/mol. The van der Waals surface area contributed by atoms with Gasteiger partial charge in [-0.05, 0) is 43.4 Å². The number of aliphatic hydroxyl groups is 1. The molecule has 1 rings (SSSR count). The molecule has 4 nitrogen and oxygen atoms in total. The average Bonchev–Trinajstić information content (AvgIpc) is 2.37. The minimum atomic E-state index is -3.57. The Hall–Kier alpha value is -0.910. The Balaban J connectivity index is 2.74. The summed E-state index contributed by atoms with van der Waals surface area (Å²) in [5.41, 5.74) is 0.112. The molecule has 1 aromatic carbocycles. The Morgan fingerprint density at radius 2 is 1.81 bits per heavy atom. The van der Waals surface area contributed by atoms with E-state index in [2.05, 4.69) is 18.6 Å². The van der Waals surface area contributed by atoms with Crippen molar-refractivity contribution in [3.63, 3.8) is 0 Å². The van der Waals surface area contributed by atoms with Gasteiger partial charge in [0.1, 0.15) is 0 Å². The fourth-order valence-electron chi connectivity index (χ4n) is 2.24. The molecule has 0 aromatic heterocycles. The highest BCUT2D eigenvalue weighted by Crippen LogP contribution is 2.15. The summed E-state index contributed by atoms with van der Waals surface area (Å²) in [6.07, 6.45) is 2.29. The summed E-state index contributed by atoms with van der Waals surface area (Å²) in [5.74, 6) is 0.537. The van der Waals surface area contributed by atoms with Crippen LogP contribution in [0.25, 0.3) is 0 Å². The van der Waals surface area contributed by atoms with Crippen LogP contribution in [0.1, 0.15) is 46.1 Å². The van der Waals surface area contributed by atoms with Crippen molar-refractivity contribution in [1.82, 2.24) is 4.72 Å². The van der Waals surface area contributed by atoms with E-state index in [-0.39, 0.29) is 11.4 Å². The minimum Gasteiger partial charge on any atom is -0.389 e. The number of benzene rings is 1. The zero-order valence-corrected chi connectivity index (χ0v) is 14.2. The molecule has 0 aliphatic rings. The zero-order valence-electron chi connectivity index (χ0n) is 13.4. The van der Waals surface area contributed by atoms with Crippen molar-refractivity contribution < 1.29 is 13.5 Å². The van der Waals surface area contributed by atoms with Gasteiger partial charge >= 0.3 is 0 Å². The topological polar surface area (TPSA) is 66.4 Å². The molecule has 0 aliphatic heterocycles. The summed E-state index contributed by atoms with van der Waals surface area (Å²) in [4.78, 5) is 0.238. The molecule has 0 saturated heterocycles. The molecule has 120 valence electrons. The lowest BCUT2D eigenvalue weighted by atomic mass is 10.0. The maximum Gasteiger partial charge on any atom is 0.240 e. The van der Waals surface area contributed by atoms with E-state index in [0.717, 1.165) is 18.4 Å². The van der Waals surface area contributed by atoms with Crippen molar-refractivity contribution in [3.8, 4) is 0 Å². The third-order valence-electron chi connectivity index (χ3n) is 3.31. The SMILES string of the molecule is CCCC(C)(O)CNS(=O)(=O)c1ccc(CC(C)C)cc1. The van der Waals surface area contributed by atoms with Crippen LogP contribution >= 0.6 is 0 Å². The van der Waals surface area contributed by atoms with Crippen LogP contribution in [0.5, 0.6) is 0 Å². The third-order valence-corrected chi connectivity index (χ3v) is 4.73. The molecular formula is C16H27NO3S. The van der Waals surface area contributed by atoms with Gasteiger partial charge in [-0.15, -0.1) is 0 Å². The van der Waals surface area contributed by atoms with Gasteiger partial charge in [-0.2, -0.15) is 0 Å². The first-order valence-electron chi connectivity index (χ1n) is 7.47. The zero-order chi connectivity index (χ0) is 16.1. The molecule has 21 heavy (non-hydrogen) atoms. The molecule has 0 radical (unpaired) electrons. The van der Waals surface area contributed by atoms with Gasteiger partial charge in [0.05, 0.1) is 10.5 Å². The van der Waals surface area contributed by atoms with Crippen molar-refractivity contribution in [2.24, 2.45) is 5.92 Å². The van der Waals surface area contributed by atoms with Gasteiger partial charge in [0.25, 0.3) is 0 Å². The standard InChI is InChI=1S/C16H27NO3S/c1-5-10-16(4,18)12-17-21(19,20)15-8-6-14(7-9-15)11-13(2)3/h6-9,13,17-18H,5,10-12H2,1-4H3. The summed E-state index contributed by atoms with van der Waals surface area (Å²) >= 11 is 0. The smallest absolute Gasteiger partial charge is 0.240 e. The molecule has 0 spiro atoms. The van der Waals surface area contributed by atoms with Gasteiger partial charge in [-0.1, -0.05) is 39.3 Å². The molecular weight excluding hydrogens is 286 g/mol. The average molecular weight is 313 g/mol. The van der Waals surface area contributed by atoms with E-state index >= 15 is 0 Å². The van der Waals surface area contributed by atoms with E-state index in [0.29, 0.717) is 12.3 Å². The summed E-state index contributed by atoms with van der Waals surface area (Å²) in [5, 5.41) is 10.0. The molecule has 0 bridgehead atoms. The molecule has 0 aliphatic carbocycles. The fraction of sp³-hybridized carbons (Fsp3) is 0.625. The highest BCUT2D eigenvalue weighted by Gasteiger charge is 2.23. The second-order valence-electron chi connectivity index (χ2n) is 6.31. The summed E-state index contributed by atoms with van der Waals surface area (Å²) < 4.78 is 26.9. The van der Waals surface area contributed by atoms with Gasteiger partial charge in [0.15, 0.2) is 0 Å². The Labute approximate surface area is 128 Å². The Bertz CT molecular complexity index is 533. The van der Waals surface area contributed by atoms with Crippen LogP contribution in [-0.2, 0) is 16.4 Å². The van der Waals surface area contributed by atoms with Crippen LogP contribution in [0.2, 0.25) is 0 Å². The van der Waals surface area contributed by atoms with Crippen molar-refractivity contribution in [2.75, 3.05) is 6.54 Å². The number of rotatable bonds is 8. The third kappa shape index (κ3) is 6.16. The monoisotopic (exact) mass is 313 g/mol. The van der Waals surface area contributed by atoms with Gasteiger partial charge in [0, 0.05) is 6.54 Å². The first kappa shape index (κ1) is 18.1. The molecule has 1 atom stereocenters. The first-order chi connectivity index (χ1) is 9.66. The van der Waals surface area contributed by atoms with E-state index in [4.69, 9.17) is 0 Å². The van der Waals surface area contributed by atoms with Crippen LogP contribution in [0, 0.1) is 5.92 Å². The summed E-state index contributed by atoms with van der Waals surface area (Å²) in [7, 11) is -3.57. The second kappa shape index (κ2) is 7.38. The van der Waals surface area contributed by atoms with Gasteiger partial charge in [-0.3, -0.25) is 0 Å². The highest BCUT2D eigenvalue weighted by molar-refractivity contribution is 7.89. The molecule has 1 aromatic rings. The van der Waals surface area contributed by atoms with Crippen molar-refractivity contribution in [1.29, 1.82) is 0 Å². The molecule has 5 heteroatoms. The summed E-state index contributed by atoms with van der Waals surface area (Å²) in [6.45, 7) is 7.88. The maximum atomic E-state index is 12.2. The van der Waals surface area contributed by atoms with Gasteiger partial charge in [-0.25, -0.2) is 13.1 Å². The lowest BCUT2D eigenvalue weighted by Crippen LogP contribution is -2.40. The number of nitrogens with one attached hydrogen (secondary N) is 1. The Morgan fingerprint density at radius 3 is 2.29 bits per heavy atom. The second-order valence-corrected chi connectivity index (χ2v) is 8.08. The molecule has 2 N–H and O–H groups in total. The highest BCUT2D eigenvalue weighted by atomic mass is 32.2. The van der Waals surface area contributed by atoms with E-state index in [9.17, 15) is 13.5 Å². The van der Waals surface area contributed by atoms with E-state index in [1.165, 1.54) is 0 Å². The molecule has 1 unspecified atom stereocenters. The van der Waals surface area contributed by atoms with Crippen molar-refractivity contribution in [3.05, 3.63) is 29.8 Å². The van der Waals surface area contributed by atoms with Crippen molar-refractivity contribution in [2.45, 2.75) is 57.5 Å². The first-order valence-corrected chi connectivity index (χ1v) is 8.95. The lowest BCUT2D eigenvalue weighted by Gasteiger charge is -2.22.